The topological polar surface area (TPSA) is 138 Å². The van der Waals surface area contributed by atoms with E-state index in [1.165, 1.54) is 23.1 Å². The van der Waals surface area contributed by atoms with Gasteiger partial charge in [0.2, 0.25) is 0 Å². The number of carboxylic acid groups (broad SMARTS) is 1. The van der Waals surface area contributed by atoms with Crippen LogP contribution < -0.4 is 0 Å². The summed E-state index contributed by atoms with van der Waals surface area (Å²) in [6.45, 7) is 0.134. The van der Waals surface area contributed by atoms with E-state index in [-0.39, 0.29) is 30.0 Å². The zero-order valence-corrected chi connectivity index (χ0v) is 19.0. The molecule has 2 N–H and O–H groups in total. The van der Waals surface area contributed by atoms with Gasteiger partial charge >= 0.3 is 5.97 Å². The van der Waals surface area contributed by atoms with Crippen LogP contribution in [0.15, 0.2) is 58.6 Å². The summed E-state index contributed by atoms with van der Waals surface area (Å²) in [5.41, 5.74) is 0.303. The van der Waals surface area contributed by atoms with Crippen molar-refractivity contribution in [3.05, 3.63) is 79.8 Å². The molecule has 1 amide bonds. The molecule has 1 fully saturated rings. The predicted octanol–water partition coefficient (Wildman–Crippen LogP) is 4.42. The fourth-order valence-electron chi connectivity index (χ4n) is 3.76. The number of hydrogen-bond acceptors (Lipinski definition) is 6. The van der Waals surface area contributed by atoms with Crippen LogP contribution in [0.3, 0.4) is 0 Å². The fraction of sp³-hybridized carbons (Fsp3) is 0.261. The Labute approximate surface area is 197 Å². The van der Waals surface area contributed by atoms with Crippen LogP contribution in [0.25, 0.3) is 5.76 Å². The first-order valence-electron chi connectivity index (χ1n) is 10.2. The van der Waals surface area contributed by atoms with Gasteiger partial charge in [0.05, 0.1) is 16.5 Å². The number of aliphatic carboxylic acids is 1. The first-order valence-corrected chi connectivity index (χ1v) is 11.0. The standard InChI is InChI=1S/C23H21BrN2O7/c24-16-10-8-14(9-11-16)21(29)19-20(15-5-4-6-17(13-15)26(32)33)25(23(31)22(19)30)12-3-1-2-7-18(27)28/h4-6,8-11,13,20,29H,1-3,7,12H2,(H,27,28). The Morgan fingerprint density at radius 3 is 2.39 bits per heavy atom. The van der Waals surface area contributed by atoms with Gasteiger partial charge in [-0.1, -0.05) is 46.6 Å². The van der Waals surface area contributed by atoms with E-state index in [2.05, 4.69) is 15.9 Å². The van der Waals surface area contributed by atoms with E-state index in [1.807, 2.05) is 0 Å². The maximum Gasteiger partial charge on any atom is 0.303 e. The monoisotopic (exact) mass is 516 g/mol. The molecule has 33 heavy (non-hydrogen) atoms. The predicted molar refractivity (Wildman–Crippen MR) is 122 cm³/mol. The third-order valence-electron chi connectivity index (χ3n) is 5.34. The molecule has 172 valence electrons. The molecule has 0 bridgehead atoms. The number of nitro benzene ring substituents is 1. The highest BCUT2D eigenvalue weighted by molar-refractivity contribution is 9.10. The lowest BCUT2D eigenvalue weighted by molar-refractivity contribution is -0.384. The number of aliphatic hydroxyl groups excluding tert-OH is 1. The maximum absolute atomic E-state index is 12.9. The summed E-state index contributed by atoms with van der Waals surface area (Å²) in [6.07, 6.45) is 1.37. The highest BCUT2D eigenvalue weighted by Crippen LogP contribution is 2.40. The highest BCUT2D eigenvalue weighted by Gasteiger charge is 2.46. The molecular formula is C23H21BrN2O7. The molecule has 2 aromatic rings. The minimum atomic E-state index is -1.01. The van der Waals surface area contributed by atoms with Gasteiger partial charge in [-0.2, -0.15) is 0 Å². The molecule has 1 atom stereocenters. The number of rotatable bonds is 9. The number of carbonyl (C=O) groups is 3. The number of unbranched alkanes of at least 4 members (excludes halogenated alkanes) is 2. The molecule has 0 radical (unpaired) electrons. The number of carboxylic acids is 1. The van der Waals surface area contributed by atoms with E-state index in [9.17, 15) is 29.6 Å². The lowest BCUT2D eigenvalue weighted by Gasteiger charge is -2.25. The van der Waals surface area contributed by atoms with E-state index >= 15 is 0 Å². The molecular weight excluding hydrogens is 496 g/mol. The van der Waals surface area contributed by atoms with Gasteiger partial charge < -0.3 is 15.1 Å². The minimum absolute atomic E-state index is 0.00328. The number of nitrogens with zero attached hydrogens (tertiary/aromatic N) is 2. The SMILES string of the molecule is O=C(O)CCCCCN1C(=O)C(=O)C(=C(O)c2ccc(Br)cc2)C1c1cccc([N+](=O)[O-])c1. The van der Waals surface area contributed by atoms with E-state index in [0.29, 0.717) is 30.4 Å². The summed E-state index contributed by atoms with van der Waals surface area (Å²) < 4.78 is 0.760. The number of carbonyl (C=O) groups excluding carboxylic acids is 2. The molecule has 3 rings (SSSR count). The molecule has 0 saturated carbocycles. The molecule has 10 heteroatoms. The number of halogens is 1. The van der Waals surface area contributed by atoms with Gasteiger partial charge in [-0.25, -0.2) is 0 Å². The van der Waals surface area contributed by atoms with Crippen molar-refractivity contribution in [2.75, 3.05) is 6.54 Å². The summed E-state index contributed by atoms with van der Waals surface area (Å²) in [5, 5.41) is 31.0. The number of likely N-dealkylation sites (tertiary alicyclic amines) is 1. The van der Waals surface area contributed by atoms with Crippen molar-refractivity contribution in [3.8, 4) is 0 Å². The van der Waals surface area contributed by atoms with E-state index in [0.717, 1.165) is 4.47 Å². The van der Waals surface area contributed by atoms with Crippen LogP contribution in [0, 0.1) is 10.1 Å². The van der Waals surface area contributed by atoms with E-state index < -0.39 is 28.6 Å². The number of aliphatic hydroxyl groups is 1. The number of nitro groups is 1. The first-order chi connectivity index (χ1) is 15.7. The minimum Gasteiger partial charge on any atom is -0.507 e. The Morgan fingerprint density at radius 1 is 1.06 bits per heavy atom. The molecule has 9 nitrogen and oxygen atoms in total. The number of Topliss-reactive ketones (excluding diaryl/α,β-unsaturated/α-hetero) is 1. The lowest BCUT2D eigenvalue weighted by atomic mass is 9.95. The van der Waals surface area contributed by atoms with Crippen molar-refractivity contribution in [2.45, 2.75) is 31.7 Å². The summed E-state index contributed by atoms with van der Waals surface area (Å²) in [7, 11) is 0. The number of non-ortho nitro benzene ring substituents is 1. The Hall–Kier alpha value is -3.53. The van der Waals surface area contributed by atoms with Gasteiger partial charge in [0.1, 0.15) is 5.76 Å². The van der Waals surface area contributed by atoms with E-state index in [4.69, 9.17) is 5.11 Å². The molecule has 0 aliphatic carbocycles. The van der Waals surface area contributed by atoms with Crippen LogP contribution in [0.2, 0.25) is 0 Å². The molecule has 1 unspecified atom stereocenters. The Morgan fingerprint density at radius 2 is 1.76 bits per heavy atom. The quantitative estimate of drug-likeness (QED) is 0.125. The summed E-state index contributed by atoms with van der Waals surface area (Å²) >= 11 is 3.30. The van der Waals surface area contributed by atoms with Gasteiger partial charge in [-0.05, 0) is 30.5 Å². The third kappa shape index (κ3) is 5.46. The number of benzene rings is 2. The second-order valence-electron chi connectivity index (χ2n) is 7.56. The third-order valence-corrected chi connectivity index (χ3v) is 5.87. The van der Waals surface area contributed by atoms with Gasteiger partial charge in [0, 0.05) is 35.1 Å². The summed E-state index contributed by atoms with van der Waals surface area (Å²) in [6, 6.07) is 11.1. The molecule has 1 heterocycles. The van der Waals surface area contributed by atoms with Crippen molar-refractivity contribution >= 4 is 45.0 Å². The Bertz CT molecular complexity index is 1130. The second kappa shape index (κ2) is 10.4. The van der Waals surface area contributed by atoms with Crippen LogP contribution in [0.1, 0.15) is 42.9 Å². The van der Waals surface area contributed by atoms with Crippen molar-refractivity contribution in [3.63, 3.8) is 0 Å². The Kier molecular flexibility index (Phi) is 7.59. The number of amides is 1. The smallest absolute Gasteiger partial charge is 0.303 e. The molecule has 1 aliphatic rings. The summed E-state index contributed by atoms with van der Waals surface area (Å²) in [5.74, 6) is -2.98. The van der Waals surface area contributed by atoms with Crippen LogP contribution in [0.4, 0.5) is 5.69 Å². The number of ketones is 1. The average molecular weight is 517 g/mol. The largest absolute Gasteiger partial charge is 0.507 e. The van der Waals surface area contributed by atoms with Crippen molar-refractivity contribution in [2.24, 2.45) is 0 Å². The zero-order valence-electron chi connectivity index (χ0n) is 17.4. The van der Waals surface area contributed by atoms with Crippen molar-refractivity contribution in [1.29, 1.82) is 0 Å². The molecule has 2 aromatic carbocycles. The van der Waals surface area contributed by atoms with Gasteiger partial charge in [-0.15, -0.1) is 0 Å². The normalized spacial score (nSPS) is 17.4. The first kappa shape index (κ1) is 24.1. The van der Waals surface area contributed by atoms with Crippen LogP contribution in [0.5, 0.6) is 0 Å². The van der Waals surface area contributed by atoms with Crippen molar-refractivity contribution < 1.29 is 29.5 Å². The van der Waals surface area contributed by atoms with Gasteiger partial charge in [-0.3, -0.25) is 24.5 Å². The molecule has 1 aliphatic heterocycles. The van der Waals surface area contributed by atoms with Crippen molar-refractivity contribution in [1.82, 2.24) is 4.90 Å². The maximum atomic E-state index is 12.9. The van der Waals surface area contributed by atoms with E-state index in [1.54, 1.807) is 30.3 Å². The van der Waals surface area contributed by atoms with Crippen LogP contribution >= 0.6 is 15.9 Å². The fourth-order valence-corrected chi connectivity index (χ4v) is 4.03. The molecule has 0 aromatic heterocycles. The summed E-state index contributed by atoms with van der Waals surface area (Å²) in [4.78, 5) is 48.5. The number of hydrogen-bond donors (Lipinski definition) is 2. The molecule has 1 saturated heterocycles. The Balaban J connectivity index is 2.02. The average Bonchev–Trinajstić information content (AvgIpc) is 3.03. The van der Waals surface area contributed by atoms with Crippen LogP contribution in [-0.4, -0.2) is 44.2 Å². The molecule has 0 spiro atoms. The lowest BCUT2D eigenvalue weighted by Crippen LogP contribution is -2.30. The van der Waals surface area contributed by atoms with Gasteiger partial charge in [0.15, 0.2) is 0 Å². The highest BCUT2D eigenvalue weighted by atomic mass is 79.9. The van der Waals surface area contributed by atoms with Crippen LogP contribution in [-0.2, 0) is 14.4 Å². The van der Waals surface area contributed by atoms with Gasteiger partial charge in [0.25, 0.3) is 17.4 Å². The zero-order chi connectivity index (χ0) is 24.1. The second-order valence-corrected chi connectivity index (χ2v) is 8.47.